The van der Waals surface area contributed by atoms with Crippen LogP contribution in [0.4, 0.5) is 0 Å². The van der Waals surface area contributed by atoms with Crippen LogP contribution in [0.25, 0.3) is 22.2 Å². The molecule has 0 aliphatic carbocycles. The first kappa shape index (κ1) is 10.2. The van der Waals surface area contributed by atoms with E-state index in [1.54, 1.807) is 12.3 Å². The van der Waals surface area contributed by atoms with E-state index in [1.807, 2.05) is 24.3 Å². The Morgan fingerprint density at radius 1 is 0.882 bits per heavy atom. The summed E-state index contributed by atoms with van der Waals surface area (Å²) in [5, 5.41) is 2.77. The van der Waals surface area contributed by atoms with Gasteiger partial charge in [0.25, 0.3) is 0 Å². The second kappa shape index (κ2) is 4.15. The summed E-state index contributed by atoms with van der Waals surface area (Å²) in [4.78, 5) is 8.51. The first-order valence-corrected chi connectivity index (χ1v) is 5.69. The molecule has 2 aromatic carbocycles. The van der Waals surface area contributed by atoms with E-state index in [0.717, 1.165) is 10.9 Å². The summed E-state index contributed by atoms with van der Waals surface area (Å²) < 4.78 is 0. The number of aromatic nitrogens is 2. The zero-order chi connectivity index (χ0) is 11.7. The summed E-state index contributed by atoms with van der Waals surface area (Å²) in [7, 11) is 0. The molecular formula is C14H9ClN2. The number of hydrogen-bond acceptors (Lipinski definition) is 2. The van der Waals surface area contributed by atoms with Gasteiger partial charge in [-0.25, -0.2) is 9.97 Å². The van der Waals surface area contributed by atoms with Gasteiger partial charge in [0.2, 0.25) is 0 Å². The lowest BCUT2D eigenvalue weighted by Gasteiger charge is -2.04. The van der Waals surface area contributed by atoms with Crippen LogP contribution < -0.4 is 0 Å². The van der Waals surface area contributed by atoms with Crippen LogP contribution in [-0.4, -0.2) is 9.97 Å². The molecular weight excluding hydrogens is 232 g/mol. The fourth-order valence-corrected chi connectivity index (χ4v) is 2.02. The number of nitrogens with zero attached hydrogens (tertiary/aromatic N) is 2. The predicted molar refractivity (Wildman–Crippen MR) is 70.0 cm³/mol. The third-order valence-electron chi connectivity index (χ3n) is 2.65. The maximum absolute atomic E-state index is 5.89. The SMILES string of the molecule is Clc1ccnc(-c2cccc3ccccc23)n1. The van der Waals surface area contributed by atoms with Crippen molar-refractivity contribution in [3.05, 3.63) is 59.9 Å². The third-order valence-corrected chi connectivity index (χ3v) is 2.86. The minimum absolute atomic E-state index is 0.461. The lowest BCUT2D eigenvalue weighted by atomic mass is 10.0. The minimum Gasteiger partial charge on any atom is -0.236 e. The number of fused-ring (bicyclic) bond motifs is 1. The summed E-state index contributed by atoms with van der Waals surface area (Å²) in [6, 6.07) is 15.9. The first-order valence-electron chi connectivity index (χ1n) is 5.31. The second-order valence-electron chi connectivity index (χ2n) is 3.73. The van der Waals surface area contributed by atoms with Crippen molar-refractivity contribution in [2.24, 2.45) is 0 Å². The molecule has 0 aliphatic heterocycles. The van der Waals surface area contributed by atoms with E-state index in [4.69, 9.17) is 11.6 Å². The Morgan fingerprint density at radius 2 is 1.71 bits per heavy atom. The zero-order valence-corrected chi connectivity index (χ0v) is 9.72. The van der Waals surface area contributed by atoms with Crippen LogP contribution in [-0.2, 0) is 0 Å². The van der Waals surface area contributed by atoms with Gasteiger partial charge in [0, 0.05) is 11.8 Å². The van der Waals surface area contributed by atoms with Crippen LogP contribution in [0.2, 0.25) is 5.15 Å². The number of hydrogen-bond donors (Lipinski definition) is 0. The van der Waals surface area contributed by atoms with Gasteiger partial charge in [-0.1, -0.05) is 54.1 Å². The molecule has 0 saturated heterocycles. The molecule has 3 rings (SSSR count). The highest BCUT2D eigenvalue weighted by atomic mass is 35.5. The van der Waals surface area contributed by atoms with Gasteiger partial charge in [0.05, 0.1) is 0 Å². The molecule has 0 N–H and O–H groups in total. The summed E-state index contributed by atoms with van der Waals surface area (Å²) in [5.41, 5.74) is 1.01. The zero-order valence-electron chi connectivity index (χ0n) is 8.97. The molecule has 0 saturated carbocycles. The van der Waals surface area contributed by atoms with Crippen molar-refractivity contribution in [1.82, 2.24) is 9.97 Å². The average Bonchev–Trinajstić information content (AvgIpc) is 2.38. The molecule has 0 amide bonds. The molecule has 1 heterocycles. The fourth-order valence-electron chi connectivity index (χ4n) is 1.89. The Hall–Kier alpha value is -1.93. The number of halogens is 1. The Labute approximate surface area is 104 Å². The molecule has 0 spiro atoms. The molecule has 0 radical (unpaired) electrons. The van der Waals surface area contributed by atoms with E-state index in [9.17, 15) is 0 Å². The van der Waals surface area contributed by atoms with Crippen LogP contribution in [0.1, 0.15) is 0 Å². The molecule has 82 valence electrons. The molecule has 2 nitrogen and oxygen atoms in total. The number of rotatable bonds is 1. The molecule has 1 aromatic heterocycles. The van der Waals surface area contributed by atoms with Crippen molar-refractivity contribution < 1.29 is 0 Å². The first-order chi connectivity index (χ1) is 8.34. The summed E-state index contributed by atoms with van der Waals surface area (Å²) >= 11 is 5.89. The Morgan fingerprint density at radius 3 is 2.59 bits per heavy atom. The standard InChI is InChI=1S/C14H9ClN2/c15-13-8-9-16-14(17-13)12-7-3-5-10-4-1-2-6-11(10)12/h1-9H. The Kier molecular flexibility index (Phi) is 2.50. The van der Waals surface area contributed by atoms with Crippen LogP contribution in [0.3, 0.4) is 0 Å². The van der Waals surface area contributed by atoms with Gasteiger partial charge < -0.3 is 0 Å². The molecule has 0 unspecified atom stereocenters. The minimum atomic E-state index is 0.461. The lowest BCUT2D eigenvalue weighted by molar-refractivity contribution is 1.18. The van der Waals surface area contributed by atoms with Crippen LogP contribution in [0.15, 0.2) is 54.7 Å². The predicted octanol–water partition coefficient (Wildman–Crippen LogP) is 3.95. The summed E-state index contributed by atoms with van der Waals surface area (Å²) in [5.74, 6) is 0.661. The topological polar surface area (TPSA) is 25.8 Å². The van der Waals surface area contributed by atoms with Crippen molar-refractivity contribution in [2.75, 3.05) is 0 Å². The average molecular weight is 241 g/mol. The Bertz CT molecular complexity index is 674. The maximum atomic E-state index is 5.89. The highest BCUT2D eigenvalue weighted by molar-refractivity contribution is 6.29. The van der Waals surface area contributed by atoms with Gasteiger partial charge in [0.1, 0.15) is 5.15 Å². The second-order valence-corrected chi connectivity index (χ2v) is 4.12. The van der Waals surface area contributed by atoms with Crippen LogP contribution >= 0.6 is 11.6 Å². The molecule has 3 aromatic rings. The van der Waals surface area contributed by atoms with Crippen molar-refractivity contribution in [2.45, 2.75) is 0 Å². The number of benzene rings is 2. The lowest BCUT2D eigenvalue weighted by Crippen LogP contribution is -1.89. The normalized spacial score (nSPS) is 10.6. The van der Waals surface area contributed by atoms with Crippen molar-refractivity contribution in [3.63, 3.8) is 0 Å². The van der Waals surface area contributed by atoms with Crippen LogP contribution in [0, 0.1) is 0 Å². The highest BCUT2D eigenvalue weighted by Crippen LogP contribution is 2.26. The molecule has 3 heteroatoms. The van der Waals surface area contributed by atoms with E-state index >= 15 is 0 Å². The molecule has 17 heavy (non-hydrogen) atoms. The van der Waals surface area contributed by atoms with E-state index in [2.05, 4.69) is 28.2 Å². The van der Waals surface area contributed by atoms with Gasteiger partial charge >= 0.3 is 0 Å². The van der Waals surface area contributed by atoms with Crippen molar-refractivity contribution in [3.8, 4) is 11.4 Å². The quantitative estimate of drug-likeness (QED) is 0.602. The monoisotopic (exact) mass is 240 g/mol. The van der Waals surface area contributed by atoms with Gasteiger partial charge in [-0.05, 0) is 16.8 Å². The maximum Gasteiger partial charge on any atom is 0.161 e. The highest BCUT2D eigenvalue weighted by Gasteiger charge is 2.05. The Balaban J connectivity index is 2.30. The van der Waals surface area contributed by atoms with Gasteiger partial charge in [-0.3, -0.25) is 0 Å². The molecule has 0 bridgehead atoms. The summed E-state index contributed by atoms with van der Waals surface area (Å²) in [6.07, 6.45) is 1.67. The fraction of sp³-hybridized carbons (Fsp3) is 0. The van der Waals surface area contributed by atoms with Gasteiger partial charge in [-0.2, -0.15) is 0 Å². The molecule has 0 aliphatic rings. The van der Waals surface area contributed by atoms with Gasteiger partial charge in [0.15, 0.2) is 5.82 Å². The third kappa shape index (κ3) is 1.87. The summed E-state index contributed by atoms with van der Waals surface area (Å²) in [6.45, 7) is 0. The molecule has 0 fully saturated rings. The van der Waals surface area contributed by atoms with Crippen molar-refractivity contribution >= 4 is 22.4 Å². The smallest absolute Gasteiger partial charge is 0.161 e. The van der Waals surface area contributed by atoms with Gasteiger partial charge in [-0.15, -0.1) is 0 Å². The molecule has 0 atom stereocenters. The largest absolute Gasteiger partial charge is 0.236 e. The van der Waals surface area contributed by atoms with E-state index < -0.39 is 0 Å². The van der Waals surface area contributed by atoms with E-state index in [-0.39, 0.29) is 0 Å². The van der Waals surface area contributed by atoms with Crippen LogP contribution in [0.5, 0.6) is 0 Å². The van der Waals surface area contributed by atoms with Crippen molar-refractivity contribution in [1.29, 1.82) is 0 Å². The van der Waals surface area contributed by atoms with E-state index in [0.29, 0.717) is 11.0 Å². The van der Waals surface area contributed by atoms with E-state index in [1.165, 1.54) is 5.39 Å².